The highest BCUT2D eigenvalue weighted by Gasteiger charge is 2.12. The Hall–Kier alpha value is -1.22. The first-order valence-electron chi connectivity index (χ1n) is 20.8. The molecule has 0 aromatic carbocycles. The van der Waals surface area contributed by atoms with E-state index in [0.717, 1.165) is 25.9 Å². The summed E-state index contributed by atoms with van der Waals surface area (Å²) in [5.41, 5.74) is 0. The van der Waals surface area contributed by atoms with Crippen LogP contribution >= 0.6 is 0 Å². The Bertz CT molecular complexity index is 626. The maximum Gasteiger partial charge on any atom is 0.221 e. The average Bonchev–Trinajstić information content (AvgIpc) is 3.08. The summed E-state index contributed by atoms with van der Waals surface area (Å²) in [6, 6.07) is 0. The monoisotopic (exact) mass is 683 g/mol. The van der Waals surface area contributed by atoms with Crippen LogP contribution in [0.3, 0.4) is 0 Å². The van der Waals surface area contributed by atoms with Crippen molar-refractivity contribution in [2.24, 2.45) is 0 Å². The van der Waals surface area contributed by atoms with E-state index >= 15 is 0 Å². The summed E-state index contributed by atoms with van der Waals surface area (Å²) in [6.07, 6.45) is 32.3. The molecule has 4 N–H and O–H groups in total. The summed E-state index contributed by atoms with van der Waals surface area (Å²) in [7, 11) is 0. The molecule has 0 aliphatic heterocycles. The molecular formula is C40H82N4O4. The molecule has 0 aliphatic carbocycles. The molecule has 48 heavy (non-hydrogen) atoms. The maximum atomic E-state index is 12.4. The smallest absolute Gasteiger partial charge is 0.221 e. The number of rotatable bonds is 39. The third-order valence-electron chi connectivity index (χ3n) is 9.58. The second kappa shape index (κ2) is 38.6. The van der Waals surface area contributed by atoms with Gasteiger partial charge in [0.25, 0.3) is 0 Å². The molecule has 0 aromatic heterocycles. The summed E-state index contributed by atoms with van der Waals surface area (Å²) >= 11 is 0. The van der Waals surface area contributed by atoms with Gasteiger partial charge in [0, 0.05) is 65.2 Å². The molecule has 0 saturated carbocycles. The van der Waals surface area contributed by atoms with E-state index in [1.807, 2.05) is 0 Å². The molecule has 0 aromatic rings. The largest absolute Gasteiger partial charge is 0.395 e. The second-order valence-electron chi connectivity index (χ2n) is 14.1. The van der Waals surface area contributed by atoms with Gasteiger partial charge in [-0.2, -0.15) is 0 Å². The Morgan fingerprint density at radius 3 is 0.938 bits per heavy atom. The topological polar surface area (TPSA) is 105 Å². The third kappa shape index (κ3) is 34.6. The van der Waals surface area contributed by atoms with E-state index in [4.69, 9.17) is 0 Å². The number of unbranched alkanes of at least 4 members (excludes halogenated alkanes) is 22. The van der Waals surface area contributed by atoms with Crippen LogP contribution in [0.15, 0.2) is 0 Å². The zero-order chi connectivity index (χ0) is 35.2. The first kappa shape index (κ1) is 46.8. The predicted molar refractivity (Wildman–Crippen MR) is 204 cm³/mol. The number of hydrogen-bond acceptors (Lipinski definition) is 6. The molecule has 0 rings (SSSR count). The van der Waals surface area contributed by atoms with E-state index < -0.39 is 0 Å². The lowest BCUT2D eigenvalue weighted by Crippen LogP contribution is -2.40. The highest BCUT2D eigenvalue weighted by atomic mass is 16.3. The lowest BCUT2D eigenvalue weighted by atomic mass is 10.1. The van der Waals surface area contributed by atoms with Gasteiger partial charge in [0.1, 0.15) is 0 Å². The number of carbonyl (C=O) groups is 2. The highest BCUT2D eigenvalue weighted by Crippen LogP contribution is 2.13. The van der Waals surface area contributed by atoms with Gasteiger partial charge in [0.2, 0.25) is 11.8 Å². The van der Waals surface area contributed by atoms with Gasteiger partial charge in [-0.25, -0.2) is 0 Å². The van der Waals surface area contributed by atoms with Crippen molar-refractivity contribution in [3.63, 3.8) is 0 Å². The first-order valence-corrected chi connectivity index (χ1v) is 20.8. The Kier molecular flexibility index (Phi) is 37.6. The molecule has 0 bridgehead atoms. The van der Waals surface area contributed by atoms with Gasteiger partial charge in [-0.3, -0.25) is 19.4 Å². The van der Waals surface area contributed by atoms with Gasteiger partial charge in [-0.05, 0) is 12.8 Å². The van der Waals surface area contributed by atoms with Gasteiger partial charge in [0.15, 0.2) is 0 Å². The van der Waals surface area contributed by atoms with Crippen LogP contribution in [0.2, 0.25) is 0 Å². The van der Waals surface area contributed by atoms with Crippen LogP contribution in [0.1, 0.15) is 181 Å². The maximum absolute atomic E-state index is 12.4. The van der Waals surface area contributed by atoms with Crippen LogP contribution in [0.5, 0.6) is 0 Å². The normalized spacial score (nSPS) is 11.5. The molecule has 8 nitrogen and oxygen atoms in total. The number of aliphatic hydroxyl groups excluding tert-OH is 2. The molecule has 0 heterocycles. The number of nitrogens with zero attached hydrogens (tertiary/aromatic N) is 2. The number of aliphatic hydroxyl groups is 2. The molecule has 8 heteroatoms. The van der Waals surface area contributed by atoms with Crippen molar-refractivity contribution in [1.82, 2.24) is 20.4 Å². The fourth-order valence-corrected chi connectivity index (χ4v) is 6.32. The summed E-state index contributed by atoms with van der Waals surface area (Å²) in [4.78, 5) is 29.0. The van der Waals surface area contributed by atoms with E-state index in [9.17, 15) is 19.8 Å². The van der Waals surface area contributed by atoms with Crippen LogP contribution < -0.4 is 10.6 Å². The quantitative estimate of drug-likeness (QED) is 0.0490. The molecular weight excluding hydrogens is 600 g/mol. The van der Waals surface area contributed by atoms with Crippen molar-refractivity contribution in [1.29, 1.82) is 0 Å². The fraction of sp³-hybridized carbons (Fsp3) is 0.950. The standard InChI is InChI=1S/C40H82N4O4/c1-3-5-7-9-11-13-15-17-19-21-23-25-29-41-39(47)27-31-43(35-37-45)33-34-44(36-38-46)32-28-40(48)42-30-26-24-22-20-18-16-14-12-10-8-6-4-2/h45-46H,3-38H2,1-2H3,(H,41,47)(H,42,48). The van der Waals surface area contributed by atoms with Crippen molar-refractivity contribution in [2.75, 3.05) is 65.6 Å². The van der Waals surface area contributed by atoms with Crippen LogP contribution in [0, 0.1) is 0 Å². The van der Waals surface area contributed by atoms with E-state index in [1.54, 1.807) is 0 Å². The van der Waals surface area contributed by atoms with E-state index in [2.05, 4.69) is 34.3 Å². The lowest BCUT2D eigenvalue weighted by molar-refractivity contribution is -0.122. The lowest BCUT2D eigenvalue weighted by Gasteiger charge is -2.26. The van der Waals surface area contributed by atoms with Crippen LogP contribution in [0.25, 0.3) is 0 Å². The molecule has 2 amide bonds. The average molecular weight is 683 g/mol. The Labute approximate surface area is 298 Å². The van der Waals surface area contributed by atoms with Gasteiger partial charge >= 0.3 is 0 Å². The fourth-order valence-electron chi connectivity index (χ4n) is 6.32. The number of hydrogen-bond donors (Lipinski definition) is 4. The van der Waals surface area contributed by atoms with Crippen molar-refractivity contribution < 1.29 is 19.8 Å². The molecule has 0 aliphatic rings. The first-order chi connectivity index (χ1) is 23.6. The van der Waals surface area contributed by atoms with E-state index in [1.165, 1.54) is 141 Å². The molecule has 0 spiro atoms. The van der Waals surface area contributed by atoms with Crippen LogP contribution in [-0.4, -0.2) is 97.4 Å². The van der Waals surface area contributed by atoms with E-state index in [0.29, 0.717) is 52.1 Å². The summed E-state index contributed by atoms with van der Waals surface area (Å²) in [5, 5.41) is 25.2. The van der Waals surface area contributed by atoms with E-state index in [-0.39, 0.29) is 25.0 Å². The van der Waals surface area contributed by atoms with Gasteiger partial charge in [-0.1, -0.05) is 155 Å². The Morgan fingerprint density at radius 2 is 0.667 bits per heavy atom. The second-order valence-corrected chi connectivity index (χ2v) is 14.1. The molecule has 286 valence electrons. The van der Waals surface area contributed by atoms with Crippen molar-refractivity contribution in [3.8, 4) is 0 Å². The Balaban J connectivity index is 3.91. The van der Waals surface area contributed by atoms with Crippen molar-refractivity contribution >= 4 is 11.8 Å². The number of nitrogens with one attached hydrogen (secondary N) is 2. The SMILES string of the molecule is CCCCCCCCCCCCCCNC(=O)CCN(CCO)CCN(CCO)CCC(=O)NCCCCCCCCCCCCCC. The van der Waals surface area contributed by atoms with Crippen molar-refractivity contribution in [3.05, 3.63) is 0 Å². The Morgan fingerprint density at radius 1 is 0.396 bits per heavy atom. The molecule has 0 fully saturated rings. The van der Waals surface area contributed by atoms with Crippen LogP contribution in [-0.2, 0) is 9.59 Å². The van der Waals surface area contributed by atoms with Gasteiger partial charge in [-0.15, -0.1) is 0 Å². The molecule has 0 unspecified atom stereocenters. The zero-order valence-corrected chi connectivity index (χ0v) is 32.1. The number of amides is 2. The minimum atomic E-state index is 0.0437. The molecule has 0 atom stereocenters. The summed E-state index contributed by atoms with van der Waals surface area (Å²) in [5.74, 6) is 0.135. The van der Waals surface area contributed by atoms with Gasteiger partial charge < -0.3 is 20.8 Å². The summed E-state index contributed by atoms with van der Waals surface area (Å²) < 4.78 is 0. The highest BCUT2D eigenvalue weighted by molar-refractivity contribution is 5.76. The van der Waals surface area contributed by atoms with Crippen molar-refractivity contribution in [2.45, 2.75) is 181 Å². The zero-order valence-electron chi connectivity index (χ0n) is 32.1. The molecule has 0 radical (unpaired) electrons. The molecule has 0 saturated heterocycles. The van der Waals surface area contributed by atoms with Crippen LogP contribution in [0.4, 0.5) is 0 Å². The minimum Gasteiger partial charge on any atom is -0.395 e. The predicted octanol–water partition coefficient (Wildman–Crippen LogP) is 7.99. The van der Waals surface area contributed by atoms with Gasteiger partial charge in [0.05, 0.1) is 13.2 Å². The third-order valence-corrected chi connectivity index (χ3v) is 9.58. The minimum absolute atomic E-state index is 0.0437. The number of carbonyl (C=O) groups excluding carboxylic acids is 2. The summed E-state index contributed by atoms with van der Waals surface area (Å²) in [6.45, 7) is 9.68.